The van der Waals surface area contributed by atoms with Crippen LogP contribution in [0, 0.1) is 26.7 Å². The normalized spacial score (nSPS) is 16.0. The first-order valence-corrected chi connectivity index (χ1v) is 10.9. The molecule has 2 heterocycles. The number of likely N-dealkylation sites (tertiary alicyclic amines) is 1. The zero-order chi connectivity index (χ0) is 19.6. The van der Waals surface area contributed by atoms with E-state index < -0.39 is 5.97 Å². The first-order chi connectivity index (χ1) is 12.9. The molecule has 1 aromatic carbocycles. The van der Waals surface area contributed by atoms with Gasteiger partial charge in [0.15, 0.2) is 0 Å². The maximum absolute atomic E-state index is 11.2. The van der Waals surface area contributed by atoms with Crippen molar-refractivity contribution in [2.75, 3.05) is 25.9 Å². The van der Waals surface area contributed by atoms with E-state index in [4.69, 9.17) is 0 Å². The van der Waals surface area contributed by atoms with Gasteiger partial charge in [0.2, 0.25) is 0 Å². The number of carbonyl (C=O) groups is 1. The molecule has 5 heteroatoms. The van der Waals surface area contributed by atoms with E-state index >= 15 is 0 Å². The molecule has 0 atom stereocenters. The van der Waals surface area contributed by atoms with Crippen molar-refractivity contribution in [3.05, 3.63) is 40.5 Å². The average Bonchev–Trinajstić information content (AvgIpc) is 2.95. The standard InChI is InChI=1S/C22H30N2O2S/c1-14-11-15(2)13-18(12-14)20-19(16(3)21(23-20)27-4)7-10-24-8-5-17(6-9-24)22(25)26/h11-13,17,23H,5-10H2,1-4H3,(H,25,26). The van der Waals surface area contributed by atoms with Gasteiger partial charge in [-0.2, -0.15) is 0 Å². The molecule has 0 amide bonds. The molecule has 0 aliphatic carbocycles. The summed E-state index contributed by atoms with van der Waals surface area (Å²) < 4.78 is 0. The minimum Gasteiger partial charge on any atom is -0.481 e. The highest BCUT2D eigenvalue weighted by Crippen LogP contribution is 2.33. The molecule has 0 spiro atoms. The minimum absolute atomic E-state index is 0.163. The molecule has 0 saturated carbocycles. The third-order valence-corrected chi connectivity index (χ3v) is 6.48. The Morgan fingerprint density at radius 2 is 1.81 bits per heavy atom. The Bertz CT molecular complexity index is 800. The van der Waals surface area contributed by atoms with Crippen LogP contribution >= 0.6 is 11.8 Å². The van der Waals surface area contributed by atoms with E-state index in [9.17, 15) is 9.90 Å². The first kappa shape index (κ1) is 20.0. The number of H-pyrrole nitrogens is 1. The second-order valence-electron chi connectivity index (χ2n) is 7.72. The van der Waals surface area contributed by atoms with Crippen LogP contribution in [0.5, 0.6) is 0 Å². The molecule has 146 valence electrons. The summed E-state index contributed by atoms with van der Waals surface area (Å²) in [5, 5.41) is 10.4. The summed E-state index contributed by atoms with van der Waals surface area (Å²) in [5.74, 6) is -0.804. The van der Waals surface area contributed by atoms with Gasteiger partial charge < -0.3 is 15.0 Å². The van der Waals surface area contributed by atoms with Crippen LogP contribution in [0.15, 0.2) is 23.2 Å². The van der Waals surface area contributed by atoms with Gasteiger partial charge >= 0.3 is 5.97 Å². The van der Waals surface area contributed by atoms with Gasteiger partial charge in [0.05, 0.1) is 10.9 Å². The van der Waals surface area contributed by atoms with E-state index in [1.54, 1.807) is 11.8 Å². The maximum atomic E-state index is 11.2. The molecule has 27 heavy (non-hydrogen) atoms. The molecule has 1 aromatic heterocycles. The number of aromatic amines is 1. The van der Waals surface area contributed by atoms with Crippen molar-refractivity contribution < 1.29 is 9.90 Å². The Balaban J connectivity index is 1.79. The number of carboxylic acid groups (broad SMARTS) is 1. The molecule has 2 N–H and O–H groups in total. The van der Waals surface area contributed by atoms with Crippen molar-refractivity contribution in [1.29, 1.82) is 0 Å². The lowest BCUT2D eigenvalue weighted by atomic mass is 9.96. The second kappa shape index (κ2) is 8.53. The van der Waals surface area contributed by atoms with Crippen LogP contribution in [0.4, 0.5) is 0 Å². The summed E-state index contributed by atoms with van der Waals surface area (Å²) in [6, 6.07) is 6.72. The molecule has 2 aromatic rings. The Kier molecular flexibility index (Phi) is 6.33. The fourth-order valence-electron chi connectivity index (χ4n) is 4.16. The predicted molar refractivity (Wildman–Crippen MR) is 113 cm³/mol. The van der Waals surface area contributed by atoms with Crippen molar-refractivity contribution in [2.45, 2.75) is 45.1 Å². The van der Waals surface area contributed by atoms with Gasteiger partial charge in [-0.05, 0) is 88.2 Å². The lowest BCUT2D eigenvalue weighted by Gasteiger charge is -2.30. The minimum atomic E-state index is -0.641. The van der Waals surface area contributed by atoms with Gasteiger partial charge in [0, 0.05) is 12.2 Å². The summed E-state index contributed by atoms with van der Waals surface area (Å²) in [6.07, 6.45) is 4.64. The lowest BCUT2D eigenvalue weighted by molar-refractivity contribution is -0.143. The van der Waals surface area contributed by atoms with Crippen LogP contribution in [-0.2, 0) is 11.2 Å². The summed E-state index contributed by atoms with van der Waals surface area (Å²) in [5.41, 5.74) is 7.80. The molecular formula is C22H30N2O2S. The summed E-state index contributed by atoms with van der Waals surface area (Å²) >= 11 is 1.76. The Hall–Kier alpha value is -1.72. The van der Waals surface area contributed by atoms with Crippen LogP contribution in [-0.4, -0.2) is 46.8 Å². The van der Waals surface area contributed by atoms with Crippen molar-refractivity contribution >= 4 is 17.7 Å². The van der Waals surface area contributed by atoms with Crippen molar-refractivity contribution in [3.63, 3.8) is 0 Å². The van der Waals surface area contributed by atoms with E-state index in [-0.39, 0.29) is 5.92 Å². The molecule has 1 aliphatic heterocycles. The Morgan fingerprint density at radius 1 is 1.19 bits per heavy atom. The van der Waals surface area contributed by atoms with E-state index in [0.717, 1.165) is 38.9 Å². The zero-order valence-corrected chi connectivity index (χ0v) is 17.6. The van der Waals surface area contributed by atoms with Crippen LogP contribution in [0.3, 0.4) is 0 Å². The number of aryl methyl sites for hydroxylation is 2. The number of piperidine rings is 1. The van der Waals surface area contributed by atoms with Crippen molar-refractivity contribution in [1.82, 2.24) is 9.88 Å². The third-order valence-electron chi connectivity index (χ3n) is 5.66. The number of nitrogens with one attached hydrogen (secondary N) is 1. The number of thioether (sulfide) groups is 1. The smallest absolute Gasteiger partial charge is 0.306 e. The van der Waals surface area contributed by atoms with Gasteiger partial charge in [0.1, 0.15) is 0 Å². The number of aliphatic carboxylic acids is 1. The maximum Gasteiger partial charge on any atom is 0.306 e. The average molecular weight is 387 g/mol. The number of hydrogen-bond acceptors (Lipinski definition) is 3. The Labute approximate surface area is 166 Å². The summed E-state index contributed by atoms with van der Waals surface area (Å²) in [4.78, 5) is 17.2. The van der Waals surface area contributed by atoms with Crippen LogP contribution in [0.2, 0.25) is 0 Å². The molecule has 4 nitrogen and oxygen atoms in total. The number of benzene rings is 1. The van der Waals surface area contributed by atoms with Crippen LogP contribution in [0.1, 0.15) is 35.1 Å². The quantitative estimate of drug-likeness (QED) is 0.709. The summed E-state index contributed by atoms with van der Waals surface area (Å²) in [7, 11) is 0. The number of carboxylic acids is 1. The monoisotopic (exact) mass is 386 g/mol. The number of aromatic nitrogens is 1. The molecule has 0 bridgehead atoms. The van der Waals surface area contributed by atoms with Crippen molar-refractivity contribution in [2.24, 2.45) is 5.92 Å². The molecule has 3 rings (SSSR count). The van der Waals surface area contributed by atoms with Gasteiger partial charge in [-0.3, -0.25) is 4.79 Å². The van der Waals surface area contributed by atoms with E-state index in [1.807, 2.05) is 0 Å². The third kappa shape index (κ3) is 4.58. The molecule has 0 unspecified atom stereocenters. The molecule has 1 saturated heterocycles. The first-order valence-electron chi connectivity index (χ1n) is 9.68. The van der Waals surface area contributed by atoms with Crippen molar-refractivity contribution in [3.8, 4) is 11.3 Å². The highest BCUT2D eigenvalue weighted by Gasteiger charge is 2.25. The van der Waals surface area contributed by atoms with Gasteiger partial charge in [0.25, 0.3) is 0 Å². The fourth-order valence-corrected chi connectivity index (χ4v) is 4.80. The van der Waals surface area contributed by atoms with Gasteiger partial charge in [-0.1, -0.05) is 17.2 Å². The topological polar surface area (TPSA) is 56.3 Å². The predicted octanol–water partition coefficient (Wildman–Crippen LogP) is 4.67. The highest BCUT2D eigenvalue weighted by atomic mass is 32.2. The van der Waals surface area contributed by atoms with E-state index in [1.165, 1.54) is 38.5 Å². The number of hydrogen-bond donors (Lipinski definition) is 2. The highest BCUT2D eigenvalue weighted by molar-refractivity contribution is 7.98. The Morgan fingerprint density at radius 3 is 2.37 bits per heavy atom. The van der Waals surface area contributed by atoms with E-state index in [2.05, 4.69) is 55.1 Å². The SMILES string of the molecule is CSc1[nH]c(-c2cc(C)cc(C)c2)c(CCN2CCC(C(=O)O)CC2)c1C. The largest absolute Gasteiger partial charge is 0.481 e. The second-order valence-corrected chi connectivity index (χ2v) is 8.53. The molecular weight excluding hydrogens is 356 g/mol. The van der Waals surface area contributed by atoms with Crippen LogP contribution < -0.4 is 0 Å². The zero-order valence-electron chi connectivity index (χ0n) is 16.8. The van der Waals surface area contributed by atoms with E-state index in [0.29, 0.717) is 0 Å². The van der Waals surface area contributed by atoms with Gasteiger partial charge in [-0.25, -0.2) is 0 Å². The molecule has 0 radical (unpaired) electrons. The number of rotatable bonds is 6. The summed E-state index contributed by atoms with van der Waals surface area (Å²) in [6.45, 7) is 9.25. The number of nitrogens with zero attached hydrogens (tertiary/aromatic N) is 1. The van der Waals surface area contributed by atoms with Crippen LogP contribution in [0.25, 0.3) is 11.3 Å². The fraction of sp³-hybridized carbons (Fsp3) is 0.500. The lowest BCUT2D eigenvalue weighted by Crippen LogP contribution is -2.37. The van der Waals surface area contributed by atoms with Gasteiger partial charge in [-0.15, -0.1) is 11.8 Å². The molecule has 1 aliphatic rings. The molecule has 1 fully saturated rings.